The van der Waals surface area contributed by atoms with Crippen molar-refractivity contribution in [2.75, 3.05) is 13.1 Å². The highest BCUT2D eigenvalue weighted by Gasteiger charge is 2.18. The van der Waals surface area contributed by atoms with Gasteiger partial charge in [-0.25, -0.2) is 4.98 Å². The molecule has 1 unspecified atom stereocenters. The Morgan fingerprint density at radius 2 is 2.00 bits per heavy atom. The number of imidazole rings is 1. The summed E-state index contributed by atoms with van der Waals surface area (Å²) in [5, 5.41) is 3.44. The molecule has 1 atom stereocenters. The van der Waals surface area contributed by atoms with Gasteiger partial charge in [0.2, 0.25) is 0 Å². The second-order valence-corrected chi connectivity index (χ2v) is 6.00. The molecule has 0 saturated carbocycles. The summed E-state index contributed by atoms with van der Waals surface area (Å²) >= 11 is 0. The van der Waals surface area contributed by atoms with E-state index in [2.05, 4.69) is 53.4 Å². The van der Waals surface area contributed by atoms with Crippen LogP contribution in [0.1, 0.15) is 49.9 Å². The second-order valence-electron chi connectivity index (χ2n) is 6.00. The molecule has 2 N–H and O–H groups in total. The fourth-order valence-corrected chi connectivity index (χ4v) is 2.82. The number of aromatic amines is 1. The van der Waals surface area contributed by atoms with Crippen LogP contribution in [0.4, 0.5) is 0 Å². The average molecular weight is 269 g/mol. The monoisotopic (exact) mass is 269 g/mol. The minimum atomic E-state index is 0.535. The van der Waals surface area contributed by atoms with E-state index in [1.165, 1.54) is 24.0 Å². The van der Waals surface area contributed by atoms with Crippen LogP contribution in [0.2, 0.25) is 0 Å². The summed E-state index contributed by atoms with van der Waals surface area (Å²) in [5.41, 5.74) is 3.72. The minimum Gasteiger partial charge on any atom is -0.342 e. The quantitative estimate of drug-likeness (QED) is 0.892. The van der Waals surface area contributed by atoms with Crippen molar-refractivity contribution in [1.29, 1.82) is 0 Å². The maximum atomic E-state index is 4.58. The van der Waals surface area contributed by atoms with Gasteiger partial charge in [-0.05, 0) is 36.4 Å². The van der Waals surface area contributed by atoms with Crippen LogP contribution < -0.4 is 5.32 Å². The van der Waals surface area contributed by atoms with Crippen molar-refractivity contribution in [2.45, 2.75) is 38.5 Å². The lowest BCUT2D eigenvalue weighted by Gasteiger charge is -2.20. The minimum absolute atomic E-state index is 0.535. The Morgan fingerprint density at radius 1 is 1.20 bits per heavy atom. The average Bonchev–Trinajstić information content (AvgIpc) is 2.98. The van der Waals surface area contributed by atoms with Crippen LogP contribution in [0.15, 0.2) is 30.5 Å². The molecule has 20 heavy (non-hydrogen) atoms. The number of piperidine rings is 1. The van der Waals surface area contributed by atoms with Crippen LogP contribution in [-0.4, -0.2) is 23.1 Å². The Balaban J connectivity index is 1.78. The molecule has 2 heterocycles. The number of aromatic nitrogens is 2. The molecule has 0 spiro atoms. The molecule has 0 aliphatic carbocycles. The van der Waals surface area contributed by atoms with E-state index in [4.69, 9.17) is 0 Å². The number of nitrogens with zero attached hydrogens (tertiary/aromatic N) is 1. The first-order valence-electron chi connectivity index (χ1n) is 7.60. The number of hydrogen-bond donors (Lipinski definition) is 2. The summed E-state index contributed by atoms with van der Waals surface area (Å²) in [5.74, 6) is 2.24. The van der Waals surface area contributed by atoms with Gasteiger partial charge in [0, 0.05) is 12.5 Å². The Bertz CT molecular complexity index is 548. The standard InChI is InChI=1S/C17H23N3/c1-12(2)13-5-7-14(8-6-13)16-11-19-17(20-16)15-4-3-9-18-10-15/h5-8,11-12,15,18H,3-4,9-10H2,1-2H3,(H,19,20). The third-order valence-electron chi connectivity index (χ3n) is 4.17. The van der Waals surface area contributed by atoms with Gasteiger partial charge in [-0.1, -0.05) is 38.1 Å². The van der Waals surface area contributed by atoms with Crippen molar-refractivity contribution in [1.82, 2.24) is 15.3 Å². The van der Waals surface area contributed by atoms with Gasteiger partial charge >= 0.3 is 0 Å². The summed E-state index contributed by atoms with van der Waals surface area (Å²) in [6, 6.07) is 8.79. The summed E-state index contributed by atoms with van der Waals surface area (Å²) in [6.45, 7) is 6.62. The molecule has 1 aliphatic heterocycles. The van der Waals surface area contributed by atoms with E-state index in [9.17, 15) is 0 Å². The van der Waals surface area contributed by atoms with Crippen LogP contribution in [0.3, 0.4) is 0 Å². The molecule has 3 heteroatoms. The van der Waals surface area contributed by atoms with E-state index < -0.39 is 0 Å². The third-order valence-corrected chi connectivity index (χ3v) is 4.17. The fraction of sp³-hybridized carbons (Fsp3) is 0.471. The molecule has 1 aliphatic rings. The molecule has 1 aromatic heterocycles. The first-order chi connectivity index (χ1) is 9.74. The number of H-pyrrole nitrogens is 1. The Kier molecular flexibility index (Phi) is 3.88. The molecule has 0 amide bonds. The van der Waals surface area contributed by atoms with Gasteiger partial charge in [0.25, 0.3) is 0 Å². The molecular weight excluding hydrogens is 246 g/mol. The molecule has 3 rings (SSSR count). The molecule has 0 radical (unpaired) electrons. The highest BCUT2D eigenvalue weighted by atomic mass is 15.0. The predicted octanol–water partition coefficient (Wildman–Crippen LogP) is 3.67. The SMILES string of the molecule is CC(C)c1ccc(-c2cnc(C3CCCNC3)[nH]2)cc1. The zero-order valence-electron chi connectivity index (χ0n) is 12.3. The lowest BCUT2D eigenvalue weighted by molar-refractivity contribution is 0.449. The highest BCUT2D eigenvalue weighted by Crippen LogP contribution is 2.25. The Hall–Kier alpha value is -1.61. The highest BCUT2D eigenvalue weighted by molar-refractivity contribution is 5.59. The maximum absolute atomic E-state index is 4.58. The first kappa shape index (κ1) is 13.4. The molecule has 1 saturated heterocycles. The largest absolute Gasteiger partial charge is 0.342 e. The summed E-state index contributed by atoms with van der Waals surface area (Å²) in [7, 11) is 0. The number of benzene rings is 1. The number of rotatable bonds is 3. The van der Waals surface area contributed by atoms with Crippen molar-refractivity contribution in [3.8, 4) is 11.3 Å². The zero-order chi connectivity index (χ0) is 13.9. The molecule has 1 aromatic carbocycles. The van der Waals surface area contributed by atoms with Crippen molar-refractivity contribution in [3.05, 3.63) is 41.9 Å². The molecule has 0 bridgehead atoms. The molecule has 106 valence electrons. The van der Waals surface area contributed by atoms with E-state index in [1.807, 2.05) is 6.20 Å². The van der Waals surface area contributed by atoms with Crippen molar-refractivity contribution >= 4 is 0 Å². The molecule has 2 aromatic rings. The molecule has 3 nitrogen and oxygen atoms in total. The van der Waals surface area contributed by atoms with Gasteiger partial charge < -0.3 is 10.3 Å². The number of nitrogens with one attached hydrogen (secondary N) is 2. The van der Waals surface area contributed by atoms with E-state index in [0.717, 1.165) is 24.6 Å². The third kappa shape index (κ3) is 2.78. The van der Waals surface area contributed by atoms with E-state index in [0.29, 0.717) is 11.8 Å². The van der Waals surface area contributed by atoms with Gasteiger partial charge in [0.15, 0.2) is 0 Å². The summed E-state index contributed by atoms with van der Waals surface area (Å²) in [4.78, 5) is 8.07. The van der Waals surface area contributed by atoms with Crippen LogP contribution in [0.25, 0.3) is 11.3 Å². The normalized spacial score (nSPS) is 19.4. The Morgan fingerprint density at radius 3 is 2.65 bits per heavy atom. The van der Waals surface area contributed by atoms with Crippen molar-refractivity contribution in [2.24, 2.45) is 0 Å². The first-order valence-corrected chi connectivity index (χ1v) is 7.60. The van der Waals surface area contributed by atoms with Crippen molar-refractivity contribution < 1.29 is 0 Å². The van der Waals surface area contributed by atoms with Gasteiger partial charge in [-0.15, -0.1) is 0 Å². The Labute approximate surface area is 120 Å². The van der Waals surface area contributed by atoms with Crippen LogP contribution >= 0.6 is 0 Å². The lowest BCUT2D eigenvalue weighted by Crippen LogP contribution is -2.28. The van der Waals surface area contributed by atoms with Crippen LogP contribution in [-0.2, 0) is 0 Å². The van der Waals surface area contributed by atoms with Gasteiger partial charge in [-0.2, -0.15) is 0 Å². The lowest BCUT2D eigenvalue weighted by atomic mass is 9.99. The van der Waals surface area contributed by atoms with E-state index in [-0.39, 0.29) is 0 Å². The smallest absolute Gasteiger partial charge is 0.110 e. The maximum Gasteiger partial charge on any atom is 0.110 e. The second kappa shape index (κ2) is 5.80. The van der Waals surface area contributed by atoms with Gasteiger partial charge in [0.05, 0.1) is 11.9 Å². The van der Waals surface area contributed by atoms with Gasteiger partial charge in [0.1, 0.15) is 5.82 Å². The summed E-state index contributed by atoms with van der Waals surface area (Å²) < 4.78 is 0. The number of hydrogen-bond acceptors (Lipinski definition) is 2. The van der Waals surface area contributed by atoms with Crippen LogP contribution in [0.5, 0.6) is 0 Å². The predicted molar refractivity (Wildman–Crippen MR) is 83.0 cm³/mol. The topological polar surface area (TPSA) is 40.7 Å². The van der Waals surface area contributed by atoms with Crippen LogP contribution in [0, 0.1) is 0 Å². The fourth-order valence-electron chi connectivity index (χ4n) is 2.82. The molecule has 1 fully saturated rings. The van der Waals surface area contributed by atoms with E-state index >= 15 is 0 Å². The zero-order valence-corrected chi connectivity index (χ0v) is 12.3. The molecular formula is C17H23N3. The van der Waals surface area contributed by atoms with Gasteiger partial charge in [-0.3, -0.25) is 0 Å². The van der Waals surface area contributed by atoms with E-state index in [1.54, 1.807) is 0 Å². The van der Waals surface area contributed by atoms with Crippen molar-refractivity contribution in [3.63, 3.8) is 0 Å². The summed E-state index contributed by atoms with van der Waals surface area (Å²) in [6.07, 6.45) is 4.43.